The number of aromatic nitrogens is 1. The number of pyridine rings is 1. The lowest BCUT2D eigenvalue weighted by atomic mass is 9.98. The fraction of sp³-hybridized carbons (Fsp3) is 0.190. The zero-order chi connectivity index (χ0) is 18.0. The summed E-state index contributed by atoms with van der Waals surface area (Å²) >= 11 is 0. The third-order valence-electron chi connectivity index (χ3n) is 4.28. The largest absolute Gasteiger partial charge is 0.453 e. The first-order valence-electron chi connectivity index (χ1n) is 8.09. The lowest BCUT2D eigenvalue weighted by Crippen LogP contribution is -2.16. The molecule has 0 saturated heterocycles. The maximum absolute atomic E-state index is 12.4. The van der Waals surface area contributed by atoms with E-state index >= 15 is 0 Å². The third-order valence-corrected chi connectivity index (χ3v) is 4.28. The Labute approximate surface area is 146 Å². The molecule has 4 heteroatoms. The highest BCUT2D eigenvalue weighted by Gasteiger charge is 2.15. The molecule has 25 heavy (non-hydrogen) atoms. The summed E-state index contributed by atoms with van der Waals surface area (Å²) in [7, 11) is 0. The van der Waals surface area contributed by atoms with Gasteiger partial charge in [-0.3, -0.25) is 4.79 Å². The molecule has 0 unspecified atom stereocenters. The summed E-state index contributed by atoms with van der Waals surface area (Å²) in [5.41, 5.74) is 4.55. The van der Waals surface area contributed by atoms with Crippen molar-refractivity contribution in [3.05, 3.63) is 76.5 Å². The van der Waals surface area contributed by atoms with Gasteiger partial charge in [-0.15, -0.1) is 0 Å². The van der Waals surface area contributed by atoms with Crippen molar-refractivity contribution in [2.45, 2.75) is 20.8 Å². The average molecular weight is 333 g/mol. The van der Waals surface area contributed by atoms with Gasteiger partial charge < -0.3 is 4.74 Å². The van der Waals surface area contributed by atoms with Crippen LogP contribution in [0.5, 0.6) is 0 Å². The van der Waals surface area contributed by atoms with E-state index in [1.54, 1.807) is 6.07 Å². The summed E-state index contributed by atoms with van der Waals surface area (Å²) < 4.78 is 5.17. The second kappa shape index (κ2) is 6.85. The Morgan fingerprint density at radius 1 is 0.920 bits per heavy atom. The fourth-order valence-electron chi connectivity index (χ4n) is 2.72. The highest BCUT2D eigenvalue weighted by molar-refractivity contribution is 6.00. The molecule has 1 heterocycles. The molecule has 0 aliphatic rings. The highest BCUT2D eigenvalue weighted by atomic mass is 16.5. The number of para-hydroxylation sites is 1. The Morgan fingerprint density at radius 2 is 1.64 bits per heavy atom. The monoisotopic (exact) mass is 333 g/mol. The van der Waals surface area contributed by atoms with E-state index in [1.165, 1.54) is 0 Å². The zero-order valence-electron chi connectivity index (χ0n) is 14.5. The molecule has 126 valence electrons. The summed E-state index contributed by atoms with van der Waals surface area (Å²) in [4.78, 5) is 28.9. The first-order valence-corrected chi connectivity index (χ1v) is 8.09. The van der Waals surface area contributed by atoms with Crippen LogP contribution < -0.4 is 0 Å². The van der Waals surface area contributed by atoms with Crippen LogP contribution in [0.2, 0.25) is 0 Å². The number of nitrogens with zero attached hydrogens (tertiary/aromatic N) is 1. The van der Waals surface area contributed by atoms with Gasteiger partial charge in [0, 0.05) is 10.9 Å². The van der Waals surface area contributed by atoms with Crippen LogP contribution in [0.3, 0.4) is 0 Å². The molecule has 0 aliphatic carbocycles. The Balaban J connectivity index is 1.73. The van der Waals surface area contributed by atoms with Gasteiger partial charge in [0.25, 0.3) is 0 Å². The second-order valence-electron chi connectivity index (χ2n) is 6.14. The Bertz CT molecular complexity index is 976. The van der Waals surface area contributed by atoms with E-state index < -0.39 is 5.97 Å². The molecule has 0 aliphatic heterocycles. The molecule has 0 saturated carbocycles. The SMILES string of the molecule is Cc1cc(C)c(C(=O)COC(=O)c2ccc3ccccc3n2)cc1C. The van der Waals surface area contributed by atoms with E-state index in [2.05, 4.69) is 4.98 Å². The number of hydrogen-bond donors (Lipinski definition) is 0. The van der Waals surface area contributed by atoms with Crippen molar-refractivity contribution in [1.29, 1.82) is 0 Å². The Morgan fingerprint density at radius 3 is 2.44 bits per heavy atom. The molecule has 3 rings (SSSR count). The molecule has 2 aromatic carbocycles. The normalized spacial score (nSPS) is 10.7. The number of aryl methyl sites for hydroxylation is 3. The molecule has 3 aromatic rings. The van der Waals surface area contributed by atoms with Gasteiger partial charge in [0.15, 0.2) is 6.61 Å². The van der Waals surface area contributed by atoms with Crippen LogP contribution in [-0.2, 0) is 4.74 Å². The van der Waals surface area contributed by atoms with Gasteiger partial charge >= 0.3 is 5.97 Å². The van der Waals surface area contributed by atoms with E-state index in [4.69, 9.17) is 4.74 Å². The maximum atomic E-state index is 12.4. The molecule has 0 radical (unpaired) electrons. The van der Waals surface area contributed by atoms with Gasteiger partial charge in [0.1, 0.15) is 5.69 Å². The molecule has 4 nitrogen and oxygen atoms in total. The van der Waals surface area contributed by atoms with Gasteiger partial charge in [0.2, 0.25) is 5.78 Å². The van der Waals surface area contributed by atoms with Crippen molar-refractivity contribution in [2.24, 2.45) is 0 Å². The number of rotatable bonds is 4. The lowest BCUT2D eigenvalue weighted by molar-refractivity contribution is 0.0469. The Hall–Kier alpha value is -3.01. The topological polar surface area (TPSA) is 56.3 Å². The van der Waals surface area contributed by atoms with Crippen molar-refractivity contribution >= 4 is 22.7 Å². The van der Waals surface area contributed by atoms with E-state index in [1.807, 2.05) is 63.2 Å². The quantitative estimate of drug-likeness (QED) is 0.530. The van der Waals surface area contributed by atoms with E-state index in [-0.39, 0.29) is 18.1 Å². The standard InChI is InChI=1S/C21H19NO3/c1-13-10-15(3)17(11-14(13)2)20(23)12-25-21(24)19-9-8-16-6-4-5-7-18(16)22-19/h4-11H,12H2,1-3H3. The summed E-state index contributed by atoms with van der Waals surface area (Å²) in [6.07, 6.45) is 0. The average Bonchev–Trinajstić information content (AvgIpc) is 2.62. The lowest BCUT2D eigenvalue weighted by Gasteiger charge is -2.09. The third kappa shape index (κ3) is 3.58. The fourth-order valence-corrected chi connectivity index (χ4v) is 2.72. The van der Waals surface area contributed by atoms with E-state index in [9.17, 15) is 9.59 Å². The summed E-state index contributed by atoms with van der Waals surface area (Å²) in [5, 5.41) is 0.945. The van der Waals surface area contributed by atoms with Crippen molar-refractivity contribution in [2.75, 3.05) is 6.61 Å². The number of esters is 1. The smallest absolute Gasteiger partial charge is 0.357 e. The molecule has 0 bridgehead atoms. The van der Waals surface area contributed by atoms with Crippen molar-refractivity contribution < 1.29 is 14.3 Å². The number of carbonyl (C=O) groups excluding carboxylic acids is 2. The van der Waals surface area contributed by atoms with Gasteiger partial charge in [-0.25, -0.2) is 9.78 Å². The minimum Gasteiger partial charge on any atom is -0.453 e. The predicted molar refractivity (Wildman–Crippen MR) is 97.0 cm³/mol. The Kier molecular flexibility index (Phi) is 4.61. The van der Waals surface area contributed by atoms with Crippen molar-refractivity contribution in [1.82, 2.24) is 4.98 Å². The number of ether oxygens (including phenoxy) is 1. The number of benzene rings is 2. The highest BCUT2D eigenvalue weighted by Crippen LogP contribution is 2.17. The van der Waals surface area contributed by atoms with Crippen LogP contribution >= 0.6 is 0 Å². The van der Waals surface area contributed by atoms with Gasteiger partial charge in [-0.1, -0.05) is 30.3 Å². The van der Waals surface area contributed by atoms with Gasteiger partial charge in [-0.05, 0) is 55.7 Å². The molecule has 0 N–H and O–H groups in total. The molecule has 0 amide bonds. The first-order chi connectivity index (χ1) is 12.0. The molecule has 0 atom stereocenters. The predicted octanol–water partition coefficient (Wildman–Crippen LogP) is 4.20. The maximum Gasteiger partial charge on any atom is 0.357 e. The first kappa shape index (κ1) is 16.8. The minimum atomic E-state index is -0.597. The minimum absolute atomic E-state index is 0.198. The number of Topliss-reactive ketones (excluding diaryl/α,β-unsaturated/α-hetero) is 1. The number of hydrogen-bond acceptors (Lipinski definition) is 4. The summed E-state index contributed by atoms with van der Waals surface area (Å²) in [6.45, 7) is 5.54. The molecular formula is C21H19NO3. The van der Waals surface area contributed by atoms with Crippen LogP contribution in [-0.4, -0.2) is 23.3 Å². The van der Waals surface area contributed by atoms with Crippen LogP contribution in [0.1, 0.15) is 37.5 Å². The van der Waals surface area contributed by atoms with Crippen LogP contribution in [0.15, 0.2) is 48.5 Å². The zero-order valence-corrected chi connectivity index (χ0v) is 14.5. The number of ketones is 1. The molecular weight excluding hydrogens is 314 g/mol. The van der Waals surface area contributed by atoms with Gasteiger partial charge in [-0.2, -0.15) is 0 Å². The van der Waals surface area contributed by atoms with E-state index in [0.29, 0.717) is 11.1 Å². The van der Waals surface area contributed by atoms with Crippen molar-refractivity contribution in [3.63, 3.8) is 0 Å². The second-order valence-corrected chi connectivity index (χ2v) is 6.14. The molecule has 1 aromatic heterocycles. The van der Waals surface area contributed by atoms with Crippen molar-refractivity contribution in [3.8, 4) is 0 Å². The summed E-state index contributed by atoms with van der Waals surface area (Å²) in [5.74, 6) is -0.810. The number of fused-ring (bicyclic) bond motifs is 1. The number of carbonyl (C=O) groups is 2. The van der Waals surface area contributed by atoms with Crippen LogP contribution in [0, 0.1) is 20.8 Å². The van der Waals surface area contributed by atoms with Crippen LogP contribution in [0.25, 0.3) is 10.9 Å². The molecule has 0 spiro atoms. The summed E-state index contributed by atoms with van der Waals surface area (Å²) in [6, 6.07) is 14.7. The van der Waals surface area contributed by atoms with Gasteiger partial charge in [0.05, 0.1) is 5.52 Å². The van der Waals surface area contributed by atoms with E-state index in [0.717, 1.165) is 22.1 Å². The van der Waals surface area contributed by atoms with Crippen LogP contribution in [0.4, 0.5) is 0 Å². The molecule has 0 fully saturated rings.